The number of carbonyl (C=O) groups is 1. The lowest BCUT2D eigenvalue weighted by Crippen LogP contribution is -2.18. The fourth-order valence-electron chi connectivity index (χ4n) is 2.64. The number of hydrogen-bond acceptors (Lipinski definition) is 5. The molecule has 3 rings (SSSR count). The number of nitrogens with zero attached hydrogens (tertiary/aromatic N) is 3. The van der Waals surface area contributed by atoms with Crippen molar-refractivity contribution in [2.45, 2.75) is 13.5 Å². The maximum Gasteiger partial charge on any atom is 0.291 e. The number of aromatic nitrogens is 2. The lowest BCUT2D eigenvalue weighted by molar-refractivity contribution is 0.0949. The number of hydrogen-bond donors (Lipinski definition) is 1. The van der Waals surface area contributed by atoms with E-state index in [1.807, 2.05) is 37.3 Å². The van der Waals surface area contributed by atoms with Crippen LogP contribution >= 0.6 is 11.6 Å². The van der Waals surface area contributed by atoms with Crippen LogP contribution in [0.5, 0.6) is 11.5 Å². The second-order valence-electron chi connectivity index (χ2n) is 6.06. The van der Waals surface area contributed by atoms with E-state index >= 15 is 0 Å². The van der Waals surface area contributed by atoms with Gasteiger partial charge < -0.3 is 9.47 Å². The first-order valence-electron chi connectivity index (χ1n) is 9.01. The van der Waals surface area contributed by atoms with Gasteiger partial charge >= 0.3 is 0 Å². The smallest absolute Gasteiger partial charge is 0.291 e. The summed E-state index contributed by atoms with van der Waals surface area (Å²) in [6, 6.07) is 14.5. The molecule has 0 atom stereocenters. The molecule has 0 spiro atoms. The molecule has 8 heteroatoms. The third-order valence-corrected chi connectivity index (χ3v) is 4.27. The molecule has 3 aromatic rings. The van der Waals surface area contributed by atoms with Crippen LogP contribution in [0.15, 0.2) is 59.8 Å². The summed E-state index contributed by atoms with van der Waals surface area (Å²) in [6.07, 6.45) is 3.24. The Bertz CT molecular complexity index is 999. The van der Waals surface area contributed by atoms with E-state index in [0.29, 0.717) is 35.2 Å². The molecule has 7 nitrogen and oxygen atoms in total. The lowest BCUT2D eigenvalue weighted by Gasteiger charge is -2.08. The minimum Gasteiger partial charge on any atom is -0.496 e. The van der Waals surface area contributed by atoms with Crippen molar-refractivity contribution in [3.05, 3.63) is 76.6 Å². The number of ether oxygens (including phenoxy) is 2. The predicted molar refractivity (Wildman–Crippen MR) is 112 cm³/mol. The molecule has 1 aromatic heterocycles. The number of benzene rings is 2. The second-order valence-corrected chi connectivity index (χ2v) is 6.50. The van der Waals surface area contributed by atoms with Gasteiger partial charge in [0, 0.05) is 16.8 Å². The Balaban J connectivity index is 1.63. The Hall–Kier alpha value is -3.32. The van der Waals surface area contributed by atoms with Gasteiger partial charge in [0.15, 0.2) is 5.69 Å². The summed E-state index contributed by atoms with van der Waals surface area (Å²) in [5, 5.41) is 8.96. The van der Waals surface area contributed by atoms with Gasteiger partial charge in [-0.05, 0) is 48.9 Å². The molecule has 0 unspecified atom stereocenters. The van der Waals surface area contributed by atoms with E-state index in [-0.39, 0.29) is 5.69 Å². The summed E-state index contributed by atoms with van der Waals surface area (Å²) in [5.74, 6) is 0.914. The average molecular weight is 413 g/mol. The molecule has 0 saturated carbocycles. The highest BCUT2D eigenvalue weighted by atomic mass is 35.5. The van der Waals surface area contributed by atoms with E-state index in [1.165, 1.54) is 6.21 Å². The van der Waals surface area contributed by atoms with Crippen LogP contribution < -0.4 is 14.9 Å². The Kier molecular flexibility index (Phi) is 6.86. The van der Waals surface area contributed by atoms with Crippen molar-refractivity contribution in [2.24, 2.45) is 5.10 Å². The van der Waals surface area contributed by atoms with Crippen LogP contribution in [0.3, 0.4) is 0 Å². The van der Waals surface area contributed by atoms with Crippen molar-refractivity contribution < 1.29 is 14.3 Å². The molecule has 2 aromatic carbocycles. The van der Waals surface area contributed by atoms with Gasteiger partial charge in [0.25, 0.3) is 5.91 Å². The van der Waals surface area contributed by atoms with Crippen LogP contribution in [-0.4, -0.2) is 35.6 Å². The van der Waals surface area contributed by atoms with Gasteiger partial charge in [-0.25, -0.2) is 5.43 Å². The van der Waals surface area contributed by atoms with Crippen LogP contribution in [0.25, 0.3) is 0 Å². The number of amides is 1. The number of methoxy groups -OCH3 is 1. The Morgan fingerprint density at radius 1 is 1.24 bits per heavy atom. The van der Waals surface area contributed by atoms with Crippen LogP contribution in [0.4, 0.5) is 0 Å². The number of hydrazone groups is 1. The van der Waals surface area contributed by atoms with Crippen molar-refractivity contribution in [1.29, 1.82) is 0 Å². The Labute approximate surface area is 173 Å². The SMILES string of the molecule is CCOc1ccc(OC)c(/C=N\NC(=O)c2ccn(Cc3ccc(Cl)cc3)n2)c1. The first-order chi connectivity index (χ1) is 14.1. The molecule has 1 heterocycles. The molecular formula is C21H21ClN4O3. The molecule has 0 radical (unpaired) electrons. The summed E-state index contributed by atoms with van der Waals surface area (Å²) in [6.45, 7) is 3.00. The Morgan fingerprint density at radius 2 is 2.03 bits per heavy atom. The molecule has 0 aliphatic carbocycles. The average Bonchev–Trinajstić information content (AvgIpc) is 3.19. The molecule has 1 N–H and O–H groups in total. The number of rotatable bonds is 8. The van der Waals surface area contributed by atoms with Crippen molar-refractivity contribution in [3.63, 3.8) is 0 Å². The highest BCUT2D eigenvalue weighted by molar-refractivity contribution is 6.30. The number of halogens is 1. The van der Waals surface area contributed by atoms with E-state index in [9.17, 15) is 4.79 Å². The van der Waals surface area contributed by atoms with Gasteiger partial charge in [0.05, 0.1) is 26.5 Å². The minimum atomic E-state index is -0.406. The van der Waals surface area contributed by atoms with E-state index < -0.39 is 5.91 Å². The fourth-order valence-corrected chi connectivity index (χ4v) is 2.76. The molecule has 0 aliphatic rings. The largest absolute Gasteiger partial charge is 0.496 e. The van der Waals surface area contributed by atoms with Gasteiger partial charge in [-0.15, -0.1) is 0 Å². The first kappa shape index (κ1) is 20.4. The fraction of sp³-hybridized carbons (Fsp3) is 0.190. The van der Waals surface area contributed by atoms with Crippen molar-refractivity contribution >= 4 is 23.7 Å². The third kappa shape index (κ3) is 5.58. The first-order valence-corrected chi connectivity index (χ1v) is 9.39. The topological polar surface area (TPSA) is 77.7 Å². The van der Waals surface area contributed by atoms with E-state index in [0.717, 1.165) is 5.56 Å². The van der Waals surface area contributed by atoms with Crippen LogP contribution in [0, 0.1) is 0 Å². The molecule has 150 valence electrons. The van der Waals surface area contributed by atoms with E-state index in [1.54, 1.807) is 36.2 Å². The zero-order valence-corrected chi connectivity index (χ0v) is 16.9. The normalized spacial score (nSPS) is 10.9. The summed E-state index contributed by atoms with van der Waals surface area (Å²) in [7, 11) is 1.57. The quantitative estimate of drug-likeness (QED) is 0.451. The standard InChI is InChI=1S/C21H21ClN4O3/c1-3-29-18-8-9-20(28-2)16(12-18)13-23-24-21(27)19-10-11-26(25-19)14-15-4-6-17(22)7-5-15/h4-13H,3,14H2,1-2H3,(H,24,27)/b23-13-. The van der Waals surface area contributed by atoms with Crippen LogP contribution in [0.1, 0.15) is 28.5 Å². The van der Waals surface area contributed by atoms with E-state index in [2.05, 4.69) is 15.6 Å². The van der Waals surface area contributed by atoms with Gasteiger partial charge in [-0.1, -0.05) is 23.7 Å². The van der Waals surface area contributed by atoms with Gasteiger partial charge in [-0.3, -0.25) is 9.48 Å². The molecule has 0 bridgehead atoms. The lowest BCUT2D eigenvalue weighted by atomic mass is 10.2. The monoisotopic (exact) mass is 412 g/mol. The molecule has 0 saturated heterocycles. The molecule has 0 fully saturated rings. The highest BCUT2D eigenvalue weighted by Gasteiger charge is 2.09. The summed E-state index contributed by atoms with van der Waals surface area (Å²) in [4.78, 5) is 12.3. The minimum absolute atomic E-state index is 0.270. The van der Waals surface area contributed by atoms with Crippen molar-refractivity contribution in [1.82, 2.24) is 15.2 Å². The summed E-state index contributed by atoms with van der Waals surface area (Å²) in [5.41, 5.74) is 4.46. The van der Waals surface area contributed by atoms with E-state index in [4.69, 9.17) is 21.1 Å². The van der Waals surface area contributed by atoms with Crippen molar-refractivity contribution in [3.8, 4) is 11.5 Å². The van der Waals surface area contributed by atoms with Crippen LogP contribution in [0.2, 0.25) is 5.02 Å². The van der Waals surface area contributed by atoms with Gasteiger partial charge in [-0.2, -0.15) is 10.2 Å². The second kappa shape index (κ2) is 9.75. The highest BCUT2D eigenvalue weighted by Crippen LogP contribution is 2.22. The molecule has 29 heavy (non-hydrogen) atoms. The third-order valence-electron chi connectivity index (χ3n) is 4.01. The predicted octanol–water partition coefficient (Wildman–Crippen LogP) is 3.76. The van der Waals surface area contributed by atoms with Crippen LogP contribution in [-0.2, 0) is 6.54 Å². The Morgan fingerprint density at radius 3 is 2.76 bits per heavy atom. The maximum absolute atomic E-state index is 12.3. The van der Waals surface area contributed by atoms with Crippen molar-refractivity contribution in [2.75, 3.05) is 13.7 Å². The summed E-state index contributed by atoms with van der Waals surface area (Å²) >= 11 is 5.89. The van der Waals surface area contributed by atoms with Gasteiger partial charge in [0.2, 0.25) is 0 Å². The number of nitrogens with one attached hydrogen (secondary N) is 1. The molecular weight excluding hydrogens is 392 g/mol. The summed E-state index contributed by atoms with van der Waals surface area (Å²) < 4.78 is 12.5. The zero-order chi connectivity index (χ0) is 20.6. The van der Waals surface area contributed by atoms with Gasteiger partial charge in [0.1, 0.15) is 11.5 Å². The number of carbonyl (C=O) groups excluding carboxylic acids is 1. The zero-order valence-electron chi connectivity index (χ0n) is 16.1. The molecule has 1 amide bonds. The molecule has 0 aliphatic heterocycles. The maximum atomic E-state index is 12.3.